The lowest BCUT2D eigenvalue weighted by atomic mass is 10.2. The Morgan fingerprint density at radius 3 is 2.68 bits per heavy atom. The SMILES string of the molecule is CCOc1cccc(OCc2ccnc(C#N)c2)c1. The van der Waals surface area contributed by atoms with Crippen molar-refractivity contribution in [1.82, 2.24) is 4.98 Å². The second-order valence-electron chi connectivity index (χ2n) is 3.86. The lowest BCUT2D eigenvalue weighted by Gasteiger charge is -2.08. The molecule has 96 valence electrons. The Morgan fingerprint density at radius 1 is 1.16 bits per heavy atom. The highest BCUT2D eigenvalue weighted by molar-refractivity contribution is 5.33. The van der Waals surface area contributed by atoms with Crippen LogP contribution >= 0.6 is 0 Å². The summed E-state index contributed by atoms with van der Waals surface area (Å²) in [6.07, 6.45) is 1.61. The van der Waals surface area contributed by atoms with Gasteiger partial charge in [0.1, 0.15) is 29.9 Å². The third-order valence-electron chi connectivity index (χ3n) is 2.46. The molecule has 2 aromatic rings. The van der Waals surface area contributed by atoms with Gasteiger partial charge in [-0.2, -0.15) is 5.26 Å². The maximum atomic E-state index is 8.77. The van der Waals surface area contributed by atoms with Gasteiger partial charge < -0.3 is 9.47 Å². The Hall–Kier alpha value is -2.54. The average molecular weight is 254 g/mol. The number of aromatic nitrogens is 1. The van der Waals surface area contributed by atoms with Crippen LogP contribution in [0.1, 0.15) is 18.2 Å². The van der Waals surface area contributed by atoms with E-state index in [0.29, 0.717) is 18.9 Å². The molecule has 0 amide bonds. The number of rotatable bonds is 5. The number of nitriles is 1. The lowest BCUT2D eigenvalue weighted by Crippen LogP contribution is -1.97. The summed E-state index contributed by atoms with van der Waals surface area (Å²) >= 11 is 0. The molecule has 1 heterocycles. The van der Waals surface area contributed by atoms with Crippen LogP contribution in [0.3, 0.4) is 0 Å². The van der Waals surface area contributed by atoms with E-state index >= 15 is 0 Å². The third-order valence-corrected chi connectivity index (χ3v) is 2.46. The van der Waals surface area contributed by atoms with Crippen molar-refractivity contribution in [3.63, 3.8) is 0 Å². The second-order valence-corrected chi connectivity index (χ2v) is 3.86. The first kappa shape index (κ1) is 12.9. The Kier molecular flexibility index (Phi) is 4.35. The summed E-state index contributed by atoms with van der Waals surface area (Å²) in [6, 6.07) is 13.0. The first-order valence-electron chi connectivity index (χ1n) is 6.02. The zero-order chi connectivity index (χ0) is 13.5. The number of hydrogen-bond donors (Lipinski definition) is 0. The molecule has 1 aromatic heterocycles. The Bertz CT molecular complexity index is 591. The van der Waals surface area contributed by atoms with Crippen molar-refractivity contribution in [2.45, 2.75) is 13.5 Å². The molecular formula is C15H14N2O2. The highest BCUT2D eigenvalue weighted by Gasteiger charge is 2.00. The molecule has 4 nitrogen and oxygen atoms in total. The van der Waals surface area contributed by atoms with E-state index in [1.807, 2.05) is 43.3 Å². The molecule has 0 saturated carbocycles. The fourth-order valence-electron chi connectivity index (χ4n) is 1.61. The Morgan fingerprint density at radius 2 is 1.95 bits per heavy atom. The molecule has 4 heteroatoms. The largest absolute Gasteiger partial charge is 0.494 e. The molecule has 1 aromatic carbocycles. The van der Waals surface area contributed by atoms with Gasteiger partial charge in [-0.3, -0.25) is 0 Å². The van der Waals surface area contributed by atoms with Crippen LogP contribution in [0.4, 0.5) is 0 Å². The zero-order valence-electron chi connectivity index (χ0n) is 10.7. The van der Waals surface area contributed by atoms with Crippen molar-refractivity contribution in [2.24, 2.45) is 0 Å². The smallest absolute Gasteiger partial charge is 0.140 e. The monoisotopic (exact) mass is 254 g/mol. The highest BCUT2D eigenvalue weighted by Crippen LogP contribution is 2.20. The summed E-state index contributed by atoms with van der Waals surface area (Å²) in [5, 5.41) is 8.77. The quantitative estimate of drug-likeness (QED) is 0.823. The van der Waals surface area contributed by atoms with Crippen LogP contribution in [-0.2, 0) is 6.61 Å². The van der Waals surface area contributed by atoms with E-state index in [-0.39, 0.29) is 0 Å². The molecule has 0 spiro atoms. The minimum Gasteiger partial charge on any atom is -0.494 e. The van der Waals surface area contributed by atoms with E-state index in [0.717, 1.165) is 17.1 Å². The minimum atomic E-state index is 0.393. The van der Waals surface area contributed by atoms with Crippen molar-refractivity contribution in [3.8, 4) is 17.6 Å². The predicted octanol–water partition coefficient (Wildman–Crippen LogP) is 2.93. The maximum absolute atomic E-state index is 8.77. The van der Waals surface area contributed by atoms with E-state index < -0.39 is 0 Å². The normalized spacial score (nSPS) is 9.68. The topological polar surface area (TPSA) is 55.1 Å². The van der Waals surface area contributed by atoms with E-state index in [4.69, 9.17) is 14.7 Å². The molecule has 0 aliphatic rings. The number of benzene rings is 1. The van der Waals surface area contributed by atoms with Crippen LogP contribution in [0.25, 0.3) is 0 Å². The summed E-state index contributed by atoms with van der Waals surface area (Å²) in [4.78, 5) is 3.91. The molecule has 0 radical (unpaired) electrons. The lowest BCUT2D eigenvalue weighted by molar-refractivity contribution is 0.299. The van der Waals surface area contributed by atoms with Crippen LogP contribution in [0.15, 0.2) is 42.6 Å². The van der Waals surface area contributed by atoms with E-state index in [1.54, 1.807) is 12.3 Å². The molecule has 0 fully saturated rings. The van der Waals surface area contributed by atoms with Gasteiger partial charge in [0.15, 0.2) is 0 Å². The maximum Gasteiger partial charge on any atom is 0.140 e. The van der Waals surface area contributed by atoms with Crippen LogP contribution in [0.2, 0.25) is 0 Å². The number of ether oxygens (including phenoxy) is 2. The average Bonchev–Trinajstić information content (AvgIpc) is 2.46. The van der Waals surface area contributed by atoms with E-state index in [2.05, 4.69) is 4.98 Å². The van der Waals surface area contributed by atoms with Crippen LogP contribution < -0.4 is 9.47 Å². The fraction of sp³-hybridized carbons (Fsp3) is 0.200. The molecule has 0 bridgehead atoms. The summed E-state index contributed by atoms with van der Waals surface area (Å²) in [6.45, 7) is 2.96. The van der Waals surface area contributed by atoms with Gasteiger partial charge in [0, 0.05) is 12.3 Å². The molecular weight excluding hydrogens is 240 g/mol. The number of nitrogens with zero attached hydrogens (tertiary/aromatic N) is 2. The van der Waals surface area contributed by atoms with Gasteiger partial charge in [0.2, 0.25) is 0 Å². The molecule has 0 aliphatic carbocycles. The van der Waals surface area contributed by atoms with E-state index in [1.165, 1.54) is 0 Å². The van der Waals surface area contributed by atoms with Crippen molar-refractivity contribution in [3.05, 3.63) is 53.9 Å². The summed E-state index contributed by atoms with van der Waals surface area (Å²) in [5.74, 6) is 1.52. The minimum absolute atomic E-state index is 0.393. The molecule has 0 unspecified atom stereocenters. The van der Waals surface area contributed by atoms with Crippen LogP contribution in [0, 0.1) is 11.3 Å². The number of pyridine rings is 1. The number of hydrogen-bond acceptors (Lipinski definition) is 4. The standard InChI is InChI=1S/C15H14N2O2/c1-2-18-14-4-3-5-15(9-14)19-11-12-6-7-17-13(8-12)10-16/h3-9H,2,11H2,1H3. The summed E-state index contributed by atoms with van der Waals surface area (Å²) in [5.41, 5.74) is 1.30. The Labute approximate surface area is 112 Å². The van der Waals surface area contributed by atoms with Gasteiger partial charge in [-0.15, -0.1) is 0 Å². The van der Waals surface area contributed by atoms with Crippen molar-refractivity contribution >= 4 is 0 Å². The van der Waals surface area contributed by atoms with Gasteiger partial charge in [0.25, 0.3) is 0 Å². The highest BCUT2D eigenvalue weighted by atomic mass is 16.5. The van der Waals surface area contributed by atoms with Gasteiger partial charge >= 0.3 is 0 Å². The molecule has 0 saturated heterocycles. The molecule has 0 N–H and O–H groups in total. The van der Waals surface area contributed by atoms with E-state index in [9.17, 15) is 0 Å². The van der Waals surface area contributed by atoms with Crippen molar-refractivity contribution in [1.29, 1.82) is 5.26 Å². The molecule has 0 aliphatic heterocycles. The van der Waals surface area contributed by atoms with Gasteiger partial charge in [-0.25, -0.2) is 4.98 Å². The van der Waals surface area contributed by atoms with Crippen molar-refractivity contribution < 1.29 is 9.47 Å². The summed E-state index contributed by atoms with van der Waals surface area (Å²) < 4.78 is 11.1. The third kappa shape index (κ3) is 3.71. The molecule has 19 heavy (non-hydrogen) atoms. The fourth-order valence-corrected chi connectivity index (χ4v) is 1.61. The molecule has 2 rings (SSSR count). The van der Waals surface area contributed by atoms with Crippen LogP contribution in [0.5, 0.6) is 11.5 Å². The van der Waals surface area contributed by atoms with Crippen molar-refractivity contribution in [2.75, 3.05) is 6.61 Å². The van der Waals surface area contributed by atoms with Crippen LogP contribution in [-0.4, -0.2) is 11.6 Å². The zero-order valence-corrected chi connectivity index (χ0v) is 10.7. The second kappa shape index (κ2) is 6.41. The first-order chi connectivity index (χ1) is 9.31. The van der Waals surface area contributed by atoms with Gasteiger partial charge in [-0.1, -0.05) is 6.07 Å². The molecule has 0 atom stereocenters. The Balaban J connectivity index is 2.01. The van der Waals surface area contributed by atoms with Gasteiger partial charge in [-0.05, 0) is 36.8 Å². The summed E-state index contributed by atoms with van der Waals surface area (Å²) in [7, 11) is 0. The first-order valence-corrected chi connectivity index (χ1v) is 6.02. The predicted molar refractivity (Wildman–Crippen MR) is 70.9 cm³/mol. The van der Waals surface area contributed by atoms with Gasteiger partial charge in [0.05, 0.1) is 6.61 Å².